The molecule has 1 aromatic rings. The molecule has 0 radical (unpaired) electrons. The Morgan fingerprint density at radius 3 is 2.37 bits per heavy atom. The molecule has 0 aliphatic heterocycles. The van der Waals surface area contributed by atoms with E-state index < -0.39 is 0 Å². The van der Waals surface area contributed by atoms with Crippen LogP contribution < -0.4 is 5.32 Å². The third kappa shape index (κ3) is 2.05. The molecule has 4 aliphatic carbocycles. The van der Waals surface area contributed by atoms with Gasteiger partial charge in [0.25, 0.3) is 0 Å². The Labute approximate surface area is 116 Å². The highest BCUT2D eigenvalue weighted by Crippen LogP contribution is 2.59. The van der Waals surface area contributed by atoms with Gasteiger partial charge >= 0.3 is 0 Å². The van der Waals surface area contributed by atoms with Crippen LogP contribution >= 0.6 is 0 Å². The van der Waals surface area contributed by atoms with Crippen molar-refractivity contribution in [3.63, 3.8) is 0 Å². The monoisotopic (exact) mass is 258 g/mol. The number of rotatable bonds is 4. The molecule has 104 valence electrons. The number of nitrogens with one attached hydrogen (secondary N) is 2. The quantitative estimate of drug-likeness (QED) is 0.852. The Morgan fingerprint density at radius 2 is 1.74 bits per heavy atom. The maximum absolute atomic E-state index is 3.74. The molecule has 0 saturated heterocycles. The highest BCUT2D eigenvalue weighted by atomic mass is 14.8. The van der Waals surface area contributed by atoms with Crippen molar-refractivity contribution >= 4 is 0 Å². The maximum Gasteiger partial charge on any atom is 0.0186 e. The molecule has 0 amide bonds. The van der Waals surface area contributed by atoms with Gasteiger partial charge in [0, 0.05) is 23.9 Å². The lowest BCUT2D eigenvalue weighted by atomic mass is 9.51. The summed E-state index contributed by atoms with van der Waals surface area (Å²) in [6.07, 6.45) is 8.75. The van der Waals surface area contributed by atoms with Crippen LogP contribution in [-0.2, 0) is 6.42 Å². The van der Waals surface area contributed by atoms with E-state index in [1.165, 1.54) is 31.4 Å². The number of aromatic nitrogens is 1. The van der Waals surface area contributed by atoms with Gasteiger partial charge in [0.15, 0.2) is 0 Å². The van der Waals surface area contributed by atoms with Crippen LogP contribution in [0.2, 0.25) is 0 Å². The third-order valence-corrected chi connectivity index (χ3v) is 6.00. The fourth-order valence-corrected chi connectivity index (χ4v) is 5.49. The summed E-state index contributed by atoms with van der Waals surface area (Å²) in [5.41, 5.74) is 2.97. The summed E-state index contributed by atoms with van der Waals surface area (Å²) in [6, 6.07) is 4.70. The summed E-state index contributed by atoms with van der Waals surface area (Å²) in [4.78, 5) is 3.74. The molecule has 0 aromatic carbocycles. The van der Waals surface area contributed by atoms with E-state index in [1.807, 2.05) is 7.05 Å². The zero-order valence-electron chi connectivity index (χ0n) is 12.0. The number of aromatic amines is 1. The average molecular weight is 258 g/mol. The summed E-state index contributed by atoms with van der Waals surface area (Å²) in [6.45, 7) is 1.07. The van der Waals surface area contributed by atoms with Crippen molar-refractivity contribution < 1.29 is 0 Å². The molecule has 4 fully saturated rings. The molecule has 19 heavy (non-hydrogen) atoms. The number of likely N-dealkylation sites (N-methyl/N-ethyl adjacent to an activating group) is 1. The van der Waals surface area contributed by atoms with Gasteiger partial charge in [-0.3, -0.25) is 0 Å². The standard InChI is InChI=1S/C17H26N2/c1-18-5-4-15-2-3-16(19-15)17-13-7-11-6-12(9-13)10-14(17)8-11/h2-3,11-14,17-19H,4-10H2,1H3. The van der Waals surface area contributed by atoms with Gasteiger partial charge in [0.05, 0.1) is 0 Å². The van der Waals surface area contributed by atoms with Crippen molar-refractivity contribution in [2.24, 2.45) is 23.7 Å². The Morgan fingerprint density at radius 1 is 1.05 bits per heavy atom. The summed E-state index contributed by atoms with van der Waals surface area (Å²) < 4.78 is 0. The van der Waals surface area contributed by atoms with Crippen molar-refractivity contribution in [1.29, 1.82) is 0 Å². The zero-order valence-corrected chi connectivity index (χ0v) is 12.0. The van der Waals surface area contributed by atoms with Crippen molar-refractivity contribution in [1.82, 2.24) is 10.3 Å². The van der Waals surface area contributed by atoms with Gasteiger partial charge in [-0.25, -0.2) is 0 Å². The minimum atomic E-state index is 0.858. The van der Waals surface area contributed by atoms with Gasteiger partial charge < -0.3 is 10.3 Å². The number of hydrogen-bond acceptors (Lipinski definition) is 1. The number of H-pyrrole nitrogens is 1. The second kappa shape index (κ2) is 4.66. The molecule has 1 heterocycles. The lowest BCUT2D eigenvalue weighted by Crippen LogP contribution is -2.43. The van der Waals surface area contributed by atoms with Crippen LogP contribution in [0, 0.1) is 23.7 Å². The molecule has 4 saturated carbocycles. The molecule has 0 spiro atoms. The number of hydrogen-bond donors (Lipinski definition) is 2. The summed E-state index contributed by atoms with van der Waals surface area (Å²) in [7, 11) is 2.03. The van der Waals surface area contributed by atoms with E-state index in [9.17, 15) is 0 Å². The minimum Gasteiger partial charge on any atom is -0.362 e. The zero-order chi connectivity index (χ0) is 12.8. The van der Waals surface area contributed by atoms with E-state index in [4.69, 9.17) is 0 Å². The first-order chi connectivity index (χ1) is 9.33. The van der Waals surface area contributed by atoms with E-state index in [-0.39, 0.29) is 0 Å². The van der Waals surface area contributed by atoms with Gasteiger partial charge in [-0.05, 0) is 81.4 Å². The summed E-state index contributed by atoms with van der Waals surface area (Å²) >= 11 is 0. The van der Waals surface area contributed by atoms with E-state index in [0.29, 0.717) is 0 Å². The first-order valence-electron chi connectivity index (χ1n) is 8.16. The van der Waals surface area contributed by atoms with Gasteiger partial charge in [0.2, 0.25) is 0 Å². The van der Waals surface area contributed by atoms with Crippen LogP contribution in [0.15, 0.2) is 12.1 Å². The first kappa shape index (κ1) is 12.0. The largest absolute Gasteiger partial charge is 0.362 e. The molecule has 4 bridgehead atoms. The molecule has 4 aliphatic rings. The van der Waals surface area contributed by atoms with Gasteiger partial charge in [-0.15, -0.1) is 0 Å². The van der Waals surface area contributed by atoms with E-state index in [1.54, 1.807) is 12.1 Å². The maximum atomic E-state index is 3.74. The average Bonchev–Trinajstić information content (AvgIpc) is 2.83. The molecular formula is C17H26N2. The van der Waals surface area contributed by atoms with Crippen molar-refractivity contribution in [2.75, 3.05) is 13.6 Å². The molecule has 2 N–H and O–H groups in total. The molecule has 1 aromatic heterocycles. The smallest absolute Gasteiger partial charge is 0.0186 e. The SMILES string of the molecule is CNCCc1ccc(C2C3CC4CC(C3)CC2C4)[nH]1. The Balaban J connectivity index is 1.54. The van der Waals surface area contributed by atoms with Crippen molar-refractivity contribution in [3.8, 4) is 0 Å². The van der Waals surface area contributed by atoms with E-state index in [0.717, 1.165) is 42.6 Å². The summed E-state index contributed by atoms with van der Waals surface area (Å²) in [5, 5.41) is 3.24. The van der Waals surface area contributed by atoms with Crippen molar-refractivity contribution in [2.45, 2.75) is 44.4 Å². The van der Waals surface area contributed by atoms with Crippen LogP contribution in [0.3, 0.4) is 0 Å². The molecule has 0 atom stereocenters. The van der Waals surface area contributed by atoms with Gasteiger partial charge in [-0.1, -0.05) is 0 Å². The Hall–Kier alpha value is -0.760. The van der Waals surface area contributed by atoms with Crippen LogP contribution in [0.4, 0.5) is 0 Å². The Kier molecular flexibility index (Phi) is 2.95. The topological polar surface area (TPSA) is 27.8 Å². The van der Waals surface area contributed by atoms with Crippen LogP contribution in [0.25, 0.3) is 0 Å². The van der Waals surface area contributed by atoms with Crippen molar-refractivity contribution in [3.05, 3.63) is 23.5 Å². The fraction of sp³-hybridized carbons (Fsp3) is 0.765. The normalized spacial score (nSPS) is 39.9. The fourth-order valence-electron chi connectivity index (χ4n) is 5.49. The van der Waals surface area contributed by atoms with Crippen LogP contribution in [-0.4, -0.2) is 18.6 Å². The van der Waals surface area contributed by atoms with E-state index >= 15 is 0 Å². The second-order valence-electron chi connectivity index (χ2n) is 7.25. The van der Waals surface area contributed by atoms with Gasteiger partial charge in [0.1, 0.15) is 0 Å². The first-order valence-corrected chi connectivity index (χ1v) is 8.16. The lowest BCUT2D eigenvalue weighted by Gasteiger charge is -2.54. The molecule has 0 unspecified atom stereocenters. The van der Waals surface area contributed by atoms with E-state index in [2.05, 4.69) is 22.4 Å². The minimum absolute atomic E-state index is 0.858. The Bertz CT molecular complexity index is 420. The molecular weight excluding hydrogens is 232 g/mol. The molecule has 2 heteroatoms. The highest BCUT2D eigenvalue weighted by molar-refractivity contribution is 5.21. The van der Waals surface area contributed by atoms with Gasteiger partial charge in [-0.2, -0.15) is 0 Å². The van der Waals surface area contributed by atoms with Crippen LogP contribution in [0.5, 0.6) is 0 Å². The third-order valence-electron chi connectivity index (χ3n) is 6.00. The predicted molar refractivity (Wildman–Crippen MR) is 78.2 cm³/mol. The molecule has 5 rings (SSSR count). The second-order valence-corrected chi connectivity index (χ2v) is 7.25. The van der Waals surface area contributed by atoms with Crippen LogP contribution in [0.1, 0.15) is 49.4 Å². The highest BCUT2D eigenvalue weighted by Gasteiger charge is 2.48. The lowest BCUT2D eigenvalue weighted by molar-refractivity contribution is -0.00402. The molecule has 2 nitrogen and oxygen atoms in total. The summed E-state index contributed by atoms with van der Waals surface area (Å²) in [5.74, 6) is 5.00. The predicted octanol–water partition coefficient (Wildman–Crippen LogP) is 3.32.